The Labute approximate surface area is 110 Å². The molecule has 0 N–H and O–H groups in total. The largest absolute Gasteiger partial charge is 0.459 e. The third-order valence-corrected chi connectivity index (χ3v) is 4.68. The summed E-state index contributed by atoms with van der Waals surface area (Å²) in [5.74, 6) is -0.289. The first-order valence-electron chi connectivity index (χ1n) is 6.02. The molecule has 0 spiro atoms. The van der Waals surface area contributed by atoms with Crippen LogP contribution in [0.25, 0.3) is 0 Å². The van der Waals surface area contributed by atoms with Crippen LogP contribution in [0.4, 0.5) is 0 Å². The van der Waals surface area contributed by atoms with E-state index in [-0.39, 0.29) is 12.1 Å². The van der Waals surface area contributed by atoms with Gasteiger partial charge in [0, 0.05) is 20.3 Å². The quantitative estimate of drug-likeness (QED) is 0.561. The van der Waals surface area contributed by atoms with E-state index in [1.807, 2.05) is 25.1 Å². The Morgan fingerprint density at radius 1 is 1.22 bits per heavy atom. The molecule has 0 heterocycles. The maximum absolute atomic E-state index is 11.9. The molecule has 1 unspecified atom stereocenters. The SMILES string of the molecule is CCC(C[SiH](OC)OC)OC(=O)c1ccccc1. The zero-order valence-electron chi connectivity index (χ0n) is 11.1. The van der Waals surface area contributed by atoms with Gasteiger partial charge in [-0.25, -0.2) is 4.79 Å². The standard InChI is InChI=1S/C13H20O4Si/c1-4-12(10-18(15-2)16-3)17-13(14)11-8-6-5-7-9-11/h5-9,12,18H,4,10H2,1-3H3. The van der Waals surface area contributed by atoms with Gasteiger partial charge in [-0.1, -0.05) is 25.1 Å². The summed E-state index contributed by atoms with van der Waals surface area (Å²) >= 11 is 0. The van der Waals surface area contributed by atoms with Crippen molar-refractivity contribution in [3.05, 3.63) is 35.9 Å². The van der Waals surface area contributed by atoms with Crippen LogP contribution in [-0.4, -0.2) is 35.6 Å². The van der Waals surface area contributed by atoms with Crippen molar-refractivity contribution in [2.45, 2.75) is 25.5 Å². The van der Waals surface area contributed by atoms with Crippen LogP contribution in [0, 0.1) is 0 Å². The van der Waals surface area contributed by atoms with Crippen molar-refractivity contribution in [2.24, 2.45) is 0 Å². The van der Waals surface area contributed by atoms with E-state index in [2.05, 4.69) is 0 Å². The molecule has 0 amide bonds. The van der Waals surface area contributed by atoms with Gasteiger partial charge >= 0.3 is 15.3 Å². The van der Waals surface area contributed by atoms with Gasteiger partial charge in [0.15, 0.2) is 0 Å². The topological polar surface area (TPSA) is 44.8 Å². The molecule has 0 aromatic heterocycles. The fraction of sp³-hybridized carbons (Fsp3) is 0.462. The zero-order chi connectivity index (χ0) is 13.4. The van der Waals surface area contributed by atoms with Crippen molar-refractivity contribution in [3.8, 4) is 0 Å². The van der Waals surface area contributed by atoms with Crippen LogP contribution in [0.1, 0.15) is 23.7 Å². The van der Waals surface area contributed by atoms with Gasteiger partial charge in [0.25, 0.3) is 0 Å². The predicted molar refractivity (Wildman–Crippen MR) is 71.9 cm³/mol. The third-order valence-electron chi connectivity index (χ3n) is 2.72. The van der Waals surface area contributed by atoms with E-state index in [1.165, 1.54) is 0 Å². The highest BCUT2D eigenvalue weighted by atomic mass is 28.3. The van der Waals surface area contributed by atoms with Crippen molar-refractivity contribution in [1.29, 1.82) is 0 Å². The lowest BCUT2D eigenvalue weighted by Gasteiger charge is -2.19. The van der Waals surface area contributed by atoms with E-state index in [4.69, 9.17) is 13.6 Å². The first-order chi connectivity index (χ1) is 8.71. The molecule has 1 rings (SSSR count). The number of hydrogen-bond donors (Lipinski definition) is 0. The Morgan fingerprint density at radius 2 is 1.83 bits per heavy atom. The Balaban J connectivity index is 2.55. The lowest BCUT2D eigenvalue weighted by Crippen LogP contribution is -2.28. The van der Waals surface area contributed by atoms with Crippen molar-refractivity contribution >= 4 is 15.3 Å². The summed E-state index contributed by atoms with van der Waals surface area (Å²) in [5, 5.41) is 0. The monoisotopic (exact) mass is 268 g/mol. The maximum atomic E-state index is 11.9. The van der Waals surface area contributed by atoms with Crippen molar-refractivity contribution in [2.75, 3.05) is 14.2 Å². The molecule has 1 aromatic rings. The molecule has 1 atom stereocenters. The van der Waals surface area contributed by atoms with Crippen molar-refractivity contribution < 1.29 is 18.4 Å². The highest BCUT2D eigenvalue weighted by Crippen LogP contribution is 2.12. The summed E-state index contributed by atoms with van der Waals surface area (Å²) < 4.78 is 15.9. The Bertz CT molecular complexity index is 351. The van der Waals surface area contributed by atoms with Crippen LogP contribution in [-0.2, 0) is 13.6 Å². The molecule has 0 radical (unpaired) electrons. The second kappa shape index (κ2) is 8.02. The second-order valence-electron chi connectivity index (χ2n) is 3.94. The number of ether oxygens (including phenoxy) is 1. The third kappa shape index (κ3) is 4.60. The van der Waals surface area contributed by atoms with Gasteiger partial charge < -0.3 is 13.6 Å². The number of carbonyl (C=O) groups excluding carboxylic acids is 1. The highest BCUT2D eigenvalue weighted by molar-refractivity contribution is 6.44. The fourth-order valence-electron chi connectivity index (χ4n) is 1.60. The zero-order valence-corrected chi connectivity index (χ0v) is 12.2. The van der Waals surface area contributed by atoms with Gasteiger partial charge in [0.2, 0.25) is 0 Å². The summed E-state index contributed by atoms with van der Waals surface area (Å²) in [4.78, 5) is 11.9. The summed E-state index contributed by atoms with van der Waals surface area (Å²) in [6, 6.07) is 9.67. The minimum atomic E-state index is -1.70. The average molecular weight is 268 g/mol. The van der Waals surface area contributed by atoms with Crippen LogP contribution < -0.4 is 0 Å². The summed E-state index contributed by atoms with van der Waals surface area (Å²) in [6.07, 6.45) is 0.615. The van der Waals surface area contributed by atoms with E-state index >= 15 is 0 Å². The molecule has 0 bridgehead atoms. The molecule has 100 valence electrons. The molecule has 0 aliphatic carbocycles. The molecule has 1 aromatic carbocycles. The van der Waals surface area contributed by atoms with Crippen LogP contribution in [0.5, 0.6) is 0 Å². The van der Waals surface area contributed by atoms with Gasteiger partial charge in [-0.15, -0.1) is 0 Å². The van der Waals surface area contributed by atoms with E-state index in [0.29, 0.717) is 11.6 Å². The summed E-state index contributed by atoms with van der Waals surface area (Å²) in [5.41, 5.74) is 0.573. The van der Waals surface area contributed by atoms with Crippen molar-refractivity contribution in [1.82, 2.24) is 0 Å². The van der Waals surface area contributed by atoms with E-state index < -0.39 is 9.28 Å². The normalized spacial score (nSPS) is 12.4. The van der Waals surface area contributed by atoms with Gasteiger partial charge in [-0.3, -0.25) is 0 Å². The molecule has 5 heteroatoms. The van der Waals surface area contributed by atoms with Gasteiger partial charge in [0.1, 0.15) is 6.10 Å². The molecule has 0 saturated heterocycles. The van der Waals surface area contributed by atoms with E-state index in [0.717, 1.165) is 6.42 Å². The first kappa shape index (κ1) is 14.9. The smallest absolute Gasteiger partial charge is 0.338 e. The lowest BCUT2D eigenvalue weighted by atomic mass is 10.2. The molecule has 0 aliphatic heterocycles. The average Bonchev–Trinajstić information content (AvgIpc) is 2.44. The lowest BCUT2D eigenvalue weighted by molar-refractivity contribution is 0.0318. The minimum absolute atomic E-state index is 0.144. The molecular formula is C13H20O4Si. The first-order valence-corrected chi connectivity index (χ1v) is 7.78. The van der Waals surface area contributed by atoms with Crippen LogP contribution >= 0.6 is 0 Å². The summed E-state index contributed by atoms with van der Waals surface area (Å²) in [7, 11) is 1.56. The van der Waals surface area contributed by atoms with E-state index in [1.54, 1.807) is 26.4 Å². The molecule has 0 saturated carbocycles. The maximum Gasteiger partial charge on any atom is 0.338 e. The molecular weight excluding hydrogens is 248 g/mol. The Kier molecular flexibility index (Phi) is 6.63. The molecule has 4 nitrogen and oxygen atoms in total. The Morgan fingerprint density at radius 3 is 2.33 bits per heavy atom. The second-order valence-corrected chi connectivity index (χ2v) is 6.21. The number of carbonyl (C=O) groups is 1. The van der Waals surface area contributed by atoms with Gasteiger partial charge in [-0.05, 0) is 18.6 Å². The van der Waals surface area contributed by atoms with Crippen LogP contribution in [0.3, 0.4) is 0 Å². The molecule has 0 aliphatic rings. The van der Waals surface area contributed by atoms with Crippen LogP contribution in [0.2, 0.25) is 6.04 Å². The predicted octanol–water partition coefficient (Wildman–Crippen LogP) is 2.14. The number of benzene rings is 1. The minimum Gasteiger partial charge on any atom is -0.459 e. The number of hydrogen-bond acceptors (Lipinski definition) is 4. The van der Waals surface area contributed by atoms with Crippen molar-refractivity contribution in [3.63, 3.8) is 0 Å². The summed E-state index contributed by atoms with van der Waals surface area (Å²) in [6.45, 7) is 1.99. The number of rotatable bonds is 7. The molecule has 18 heavy (non-hydrogen) atoms. The highest BCUT2D eigenvalue weighted by Gasteiger charge is 2.21. The molecule has 0 fully saturated rings. The fourth-order valence-corrected chi connectivity index (χ4v) is 3.03. The number of esters is 1. The van der Waals surface area contributed by atoms with Gasteiger partial charge in [-0.2, -0.15) is 0 Å². The Hall–Kier alpha value is -1.17. The van der Waals surface area contributed by atoms with Gasteiger partial charge in [0.05, 0.1) is 5.56 Å². The van der Waals surface area contributed by atoms with Crippen LogP contribution in [0.15, 0.2) is 30.3 Å². The van der Waals surface area contributed by atoms with E-state index in [9.17, 15) is 4.79 Å².